The topological polar surface area (TPSA) is 115 Å². The van der Waals surface area contributed by atoms with Crippen molar-refractivity contribution in [2.45, 2.75) is 12.2 Å². The lowest BCUT2D eigenvalue weighted by Crippen LogP contribution is -2.29. The fourth-order valence-corrected chi connectivity index (χ4v) is 4.89. The molecule has 0 saturated heterocycles. The van der Waals surface area contributed by atoms with Gasteiger partial charge in [-0.25, -0.2) is 4.99 Å². The molecule has 0 aromatic heterocycles. The van der Waals surface area contributed by atoms with Crippen LogP contribution in [0.25, 0.3) is 0 Å². The fraction of sp³-hybridized carbons (Fsp3) is 0.148. The third kappa shape index (κ3) is 6.52. The number of nitrogens with two attached hydrogens (primary N) is 1. The van der Waals surface area contributed by atoms with Crippen molar-refractivity contribution in [1.82, 2.24) is 0 Å². The maximum atomic E-state index is 13.4. The van der Waals surface area contributed by atoms with Crippen LogP contribution in [0, 0.1) is 0 Å². The van der Waals surface area contributed by atoms with Crippen LogP contribution in [0.3, 0.4) is 0 Å². The van der Waals surface area contributed by atoms with Gasteiger partial charge in [0.2, 0.25) is 5.91 Å². The number of nitrogens with one attached hydrogen (secondary N) is 2. The summed E-state index contributed by atoms with van der Waals surface area (Å²) in [6, 6.07) is 21.3. The van der Waals surface area contributed by atoms with E-state index in [2.05, 4.69) is 31.6 Å². The van der Waals surface area contributed by atoms with Gasteiger partial charge in [-0.15, -0.1) is 0 Å². The van der Waals surface area contributed by atoms with Crippen LogP contribution in [0.5, 0.6) is 11.5 Å². The number of carbonyl (C=O) groups is 2. The number of thioether (sulfide) groups is 1. The third-order valence-electron chi connectivity index (χ3n) is 5.32. The van der Waals surface area contributed by atoms with Gasteiger partial charge in [0.05, 0.1) is 25.0 Å². The second kappa shape index (κ2) is 12.0. The average Bonchev–Trinajstić information content (AvgIpc) is 3.23. The predicted octanol–water partition coefficient (Wildman–Crippen LogP) is 5.49. The minimum atomic E-state index is -0.832. The lowest BCUT2D eigenvalue weighted by molar-refractivity contribution is -0.115. The van der Waals surface area contributed by atoms with Crippen LogP contribution in [0.1, 0.15) is 6.92 Å². The summed E-state index contributed by atoms with van der Waals surface area (Å²) in [4.78, 5) is 31.1. The molecule has 4 N–H and O–H groups in total. The van der Waals surface area contributed by atoms with E-state index < -0.39 is 11.2 Å². The van der Waals surface area contributed by atoms with Crippen molar-refractivity contribution in [3.63, 3.8) is 0 Å². The Morgan fingerprint density at radius 3 is 2.16 bits per heavy atom. The van der Waals surface area contributed by atoms with Crippen molar-refractivity contribution in [2.24, 2.45) is 10.7 Å². The van der Waals surface area contributed by atoms with E-state index in [9.17, 15) is 9.59 Å². The monoisotopic (exact) mass is 580 g/mol. The number of carbonyl (C=O) groups excluding carboxylic acids is 2. The molecule has 0 aliphatic carbocycles. The SMILES string of the molecule is CCOc1ccc(NC(=O)C2=C(N)[C@H](C(=O)Nc3ccc(Br)cc3)SC2=Nc2ccc(OC)cc2)cc1. The van der Waals surface area contributed by atoms with Gasteiger partial charge in [-0.3, -0.25) is 9.59 Å². The lowest BCUT2D eigenvalue weighted by Gasteiger charge is -2.11. The van der Waals surface area contributed by atoms with E-state index in [0.717, 1.165) is 16.2 Å². The van der Waals surface area contributed by atoms with Crippen LogP contribution < -0.4 is 25.8 Å². The van der Waals surface area contributed by atoms with Crippen molar-refractivity contribution in [3.05, 3.63) is 88.5 Å². The fourth-order valence-electron chi connectivity index (χ4n) is 3.50. The predicted molar refractivity (Wildman–Crippen MR) is 152 cm³/mol. The van der Waals surface area contributed by atoms with E-state index in [1.807, 2.05) is 19.1 Å². The molecule has 0 fully saturated rings. The van der Waals surface area contributed by atoms with Gasteiger partial charge in [0, 0.05) is 21.5 Å². The summed E-state index contributed by atoms with van der Waals surface area (Å²) in [5.41, 5.74) is 8.48. The van der Waals surface area contributed by atoms with Gasteiger partial charge < -0.3 is 25.8 Å². The van der Waals surface area contributed by atoms with Crippen LogP contribution in [-0.2, 0) is 9.59 Å². The smallest absolute Gasteiger partial charge is 0.260 e. The molecule has 37 heavy (non-hydrogen) atoms. The van der Waals surface area contributed by atoms with Gasteiger partial charge in [-0.2, -0.15) is 0 Å². The molecule has 0 radical (unpaired) electrons. The highest BCUT2D eigenvalue weighted by atomic mass is 79.9. The second-order valence-corrected chi connectivity index (χ2v) is 9.86. The third-order valence-corrected chi connectivity index (χ3v) is 7.07. The lowest BCUT2D eigenvalue weighted by atomic mass is 10.1. The molecule has 0 saturated carbocycles. The Balaban J connectivity index is 1.62. The summed E-state index contributed by atoms with van der Waals surface area (Å²) >= 11 is 4.51. The summed E-state index contributed by atoms with van der Waals surface area (Å²) in [7, 11) is 1.58. The molecule has 2 amide bonds. The van der Waals surface area contributed by atoms with Gasteiger partial charge in [0.25, 0.3) is 5.91 Å². The first-order valence-corrected chi connectivity index (χ1v) is 13.0. The number of aliphatic imine (C=N–C) groups is 1. The van der Waals surface area contributed by atoms with Crippen molar-refractivity contribution < 1.29 is 19.1 Å². The Morgan fingerprint density at radius 2 is 1.54 bits per heavy atom. The number of benzene rings is 3. The Morgan fingerprint density at radius 1 is 0.946 bits per heavy atom. The van der Waals surface area contributed by atoms with Crippen LogP contribution in [0.2, 0.25) is 0 Å². The van der Waals surface area contributed by atoms with Crippen molar-refractivity contribution >= 4 is 61.6 Å². The summed E-state index contributed by atoms with van der Waals surface area (Å²) in [5, 5.41) is 5.22. The van der Waals surface area contributed by atoms with E-state index >= 15 is 0 Å². The molecular formula is C27H25BrN4O4S. The molecule has 190 valence electrons. The summed E-state index contributed by atoms with van der Waals surface area (Å²) in [5.74, 6) is 0.567. The number of ether oxygens (including phenoxy) is 2. The molecule has 0 unspecified atom stereocenters. The van der Waals surface area contributed by atoms with Crippen LogP contribution in [0.15, 0.2) is 93.5 Å². The zero-order valence-electron chi connectivity index (χ0n) is 20.2. The maximum absolute atomic E-state index is 13.4. The number of halogens is 1. The number of methoxy groups -OCH3 is 1. The molecular weight excluding hydrogens is 556 g/mol. The number of amides is 2. The van der Waals surface area contributed by atoms with E-state index in [1.54, 1.807) is 67.8 Å². The number of anilines is 2. The van der Waals surface area contributed by atoms with Gasteiger partial charge in [0.15, 0.2) is 0 Å². The first kappa shape index (κ1) is 26.3. The molecule has 1 aliphatic heterocycles. The first-order chi connectivity index (χ1) is 17.9. The summed E-state index contributed by atoms with van der Waals surface area (Å²) < 4.78 is 11.6. The normalized spacial score (nSPS) is 16.0. The average molecular weight is 581 g/mol. The van der Waals surface area contributed by atoms with Gasteiger partial charge in [-0.1, -0.05) is 27.7 Å². The molecule has 10 heteroatoms. The Bertz CT molecular complexity index is 1340. The van der Waals surface area contributed by atoms with E-state index in [-0.39, 0.29) is 17.2 Å². The summed E-state index contributed by atoms with van der Waals surface area (Å²) in [6.07, 6.45) is 0. The van der Waals surface area contributed by atoms with E-state index in [1.165, 1.54) is 0 Å². The molecule has 1 aliphatic rings. The van der Waals surface area contributed by atoms with Gasteiger partial charge >= 0.3 is 0 Å². The number of hydrogen-bond acceptors (Lipinski definition) is 7. The first-order valence-electron chi connectivity index (χ1n) is 11.4. The highest BCUT2D eigenvalue weighted by molar-refractivity contribution is 9.10. The quantitative estimate of drug-likeness (QED) is 0.324. The zero-order valence-corrected chi connectivity index (χ0v) is 22.6. The highest BCUT2D eigenvalue weighted by Gasteiger charge is 2.38. The highest BCUT2D eigenvalue weighted by Crippen LogP contribution is 2.36. The van der Waals surface area contributed by atoms with Crippen molar-refractivity contribution in [2.75, 3.05) is 24.4 Å². The number of rotatable bonds is 8. The molecule has 0 bridgehead atoms. The van der Waals surface area contributed by atoms with Gasteiger partial charge in [0.1, 0.15) is 21.8 Å². The minimum absolute atomic E-state index is 0.135. The largest absolute Gasteiger partial charge is 0.497 e. The Kier molecular flexibility index (Phi) is 8.52. The van der Waals surface area contributed by atoms with Crippen LogP contribution in [0.4, 0.5) is 17.1 Å². The standard InChI is InChI=1S/C27H25BrN4O4S/c1-3-36-21-14-10-18(11-15-21)30-25(33)22-23(29)24(26(34)31-17-6-4-16(28)5-7-17)37-27(22)32-19-8-12-20(35-2)13-9-19/h4-15,24H,3,29H2,1-2H3,(H,30,33)(H,31,34)/t24-/m1/s1. The number of nitrogens with zero attached hydrogens (tertiary/aromatic N) is 1. The van der Waals surface area contributed by atoms with Crippen molar-refractivity contribution in [3.8, 4) is 11.5 Å². The van der Waals surface area contributed by atoms with Crippen molar-refractivity contribution in [1.29, 1.82) is 0 Å². The molecule has 3 aromatic rings. The molecule has 0 spiro atoms. The summed E-state index contributed by atoms with van der Waals surface area (Å²) in [6.45, 7) is 2.44. The second-order valence-electron chi connectivity index (χ2n) is 7.85. The number of hydrogen-bond donors (Lipinski definition) is 3. The Labute approximate surface area is 227 Å². The minimum Gasteiger partial charge on any atom is -0.497 e. The molecule has 1 atom stereocenters. The Hall–Kier alpha value is -3.76. The maximum Gasteiger partial charge on any atom is 0.260 e. The molecule has 4 rings (SSSR count). The molecule has 8 nitrogen and oxygen atoms in total. The molecule has 1 heterocycles. The van der Waals surface area contributed by atoms with E-state index in [4.69, 9.17) is 15.2 Å². The molecule has 3 aromatic carbocycles. The zero-order chi connectivity index (χ0) is 26.4. The van der Waals surface area contributed by atoms with E-state index in [0.29, 0.717) is 40.2 Å². The van der Waals surface area contributed by atoms with Crippen LogP contribution in [-0.4, -0.2) is 35.8 Å². The van der Waals surface area contributed by atoms with Crippen LogP contribution >= 0.6 is 27.7 Å². The van der Waals surface area contributed by atoms with Gasteiger partial charge in [-0.05, 0) is 79.7 Å².